The Morgan fingerprint density at radius 1 is 1.13 bits per heavy atom. The van der Waals surface area contributed by atoms with E-state index in [-0.39, 0.29) is 5.91 Å². The molecule has 3 rings (SSSR count). The summed E-state index contributed by atoms with van der Waals surface area (Å²) in [4.78, 5) is 20.5. The van der Waals surface area contributed by atoms with E-state index in [1.54, 1.807) is 17.1 Å². The van der Waals surface area contributed by atoms with Gasteiger partial charge in [-0.3, -0.25) is 4.79 Å². The fraction of sp³-hybridized carbons (Fsp3) is 0.176. The highest BCUT2D eigenvalue weighted by atomic mass is 16.1. The zero-order chi connectivity index (χ0) is 16.2. The number of aryl methyl sites for hydroxylation is 2. The van der Waals surface area contributed by atoms with Crippen molar-refractivity contribution in [2.75, 3.05) is 5.32 Å². The van der Waals surface area contributed by atoms with Gasteiger partial charge in [0.05, 0.1) is 30.2 Å². The molecule has 0 atom stereocenters. The summed E-state index contributed by atoms with van der Waals surface area (Å²) in [6, 6.07) is 11.5. The first-order valence-electron chi connectivity index (χ1n) is 7.31. The summed E-state index contributed by atoms with van der Waals surface area (Å²) >= 11 is 0. The lowest BCUT2D eigenvalue weighted by Crippen LogP contribution is -2.15. The predicted molar refractivity (Wildman–Crippen MR) is 87.4 cm³/mol. The summed E-state index contributed by atoms with van der Waals surface area (Å²) in [5.74, 6) is 0.385. The molecule has 6 heteroatoms. The second-order valence-electron chi connectivity index (χ2n) is 5.32. The summed E-state index contributed by atoms with van der Waals surface area (Å²) in [6.45, 7) is 3.86. The number of nitrogens with one attached hydrogen (secondary N) is 1. The predicted octanol–water partition coefficient (Wildman–Crippen LogP) is 2.46. The van der Waals surface area contributed by atoms with Gasteiger partial charge in [0.15, 0.2) is 0 Å². The Hall–Kier alpha value is -3.02. The Balaban J connectivity index is 1.68. The average molecular weight is 307 g/mol. The molecule has 3 aromatic rings. The van der Waals surface area contributed by atoms with Crippen LogP contribution in [0.2, 0.25) is 0 Å². The van der Waals surface area contributed by atoms with Crippen molar-refractivity contribution in [2.24, 2.45) is 0 Å². The standard InChI is InChI=1S/C17H17N5O/c1-12-8-13(2)22(21-12)17-18-10-15(11-19-17)20-16(23)9-14-6-4-3-5-7-14/h3-8,10-11H,9H2,1-2H3,(H,20,23). The molecule has 0 aliphatic rings. The van der Waals surface area contributed by atoms with Crippen molar-refractivity contribution in [3.05, 3.63) is 65.7 Å². The van der Waals surface area contributed by atoms with Crippen molar-refractivity contribution >= 4 is 11.6 Å². The normalized spacial score (nSPS) is 10.5. The van der Waals surface area contributed by atoms with E-state index in [1.807, 2.05) is 50.2 Å². The molecule has 1 N–H and O–H groups in total. The van der Waals surface area contributed by atoms with Crippen LogP contribution in [0.15, 0.2) is 48.8 Å². The minimum atomic E-state index is -0.0985. The van der Waals surface area contributed by atoms with Crippen LogP contribution < -0.4 is 5.32 Å². The minimum absolute atomic E-state index is 0.0985. The van der Waals surface area contributed by atoms with Crippen molar-refractivity contribution in [1.29, 1.82) is 0 Å². The fourth-order valence-electron chi connectivity index (χ4n) is 2.31. The van der Waals surface area contributed by atoms with Crippen molar-refractivity contribution in [3.63, 3.8) is 0 Å². The van der Waals surface area contributed by atoms with E-state index < -0.39 is 0 Å². The molecule has 2 aromatic heterocycles. The van der Waals surface area contributed by atoms with E-state index in [1.165, 1.54) is 0 Å². The fourth-order valence-corrected chi connectivity index (χ4v) is 2.31. The maximum atomic E-state index is 12.0. The van der Waals surface area contributed by atoms with Crippen LogP contribution in [0.1, 0.15) is 17.0 Å². The zero-order valence-corrected chi connectivity index (χ0v) is 13.0. The molecule has 0 aliphatic carbocycles. The lowest BCUT2D eigenvalue weighted by Gasteiger charge is -2.06. The van der Waals surface area contributed by atoms with E-state index in [0.29, 0.717) is 18.1 Å². The van der Waals surface area contributed by atoms with E-state index in [2.05, 4.69) is 20.4 Å². The molecule has 0 spiro atoms. The number of nitrogens with zero attached hydrogens (tertiary/aromatic N) is 4. The number of hydrogen-bond donors (Lipinski definition) is 1. The highest BCUT2D eigenvalue weighted by molar-refractivity contribution is 5.91. The minimum Gasteiger partial charge on any atom is -0.323 e. The molecule has 0 aliphatic heterocycles. The molecule has 0 saturated carbocycles. The molecular formula is C17H17N5O. The van der Waals surface area contributed by atoms with E-state index in [0.717, 1.165) is 17.0 Å². The first-order chi connectivity index (χ1) is 11.1. The van der Waals surface area contributed by atoms with Crippen molar-refractivity contribution in [1.82, 2.24) is 19.7 Å². The van der Waals surface area contributed by atoms with Gasteiger partial charge in [-0.2, -0.15) is 5.10 Å². The lowest BCUT2D eigenvalue weighted by atomic mass is 10.1. The molecule has 0 bridgehead atoms. The summed E-state index contributed by atoms with van der Waals surface area (Å²) in [7, 11) is 0. The Morgan fingerprint density at radius 2 is 1.83 bits per heavy atom. The maximum absolute atomic E-state index is 12.0. The van der Waals surface area contributed by atoms with Crippen molar-refractivity contribution in [2.45, 2.75) is 20.3 Å². The summed E-state index contributed by atoms with van der Waals surface area (Å²) < 4.78 is 1.67. The van der Waals surface area contributed by atoms with Gasteiger partial charge in [0.25, 0.3) is 5.95 Å². The van der Waals surface area contributed by atoms with Crippen LogP contribution in [0.25, 0.3) is 5.95 Å². The number of anilines is 1. The quantitative estimate of drug-likeness (QED) is 0.803. The highest BCUT2D eigenvalue weighted by Gasteiger charge is 2.08. The van der Waals surface area contributed by atoms with Gasteiger partial charge in [-0.15, -0.1) is 0 Å². The van der Waals surface area contributed by atoms with E-state index >= 15 is 0 Å². The SMILES string of the molecule is Cc1cc(C)n(-c2ncc(NC(=O)Cc3ccccc3)cn2)n1. The largest absolute Gasteiger partial charge is 0.323 e. The molecule has 6 nitrogen and oxygen atoms in total. The molecule has 0 unspecified atom stereocenters. The molecule has 0 radical (unpaired) electrons. The van der Waals surface area contributed by atoms with Crippen molar-refractivity contribution in [3.8, 4) is 5.95 Å². The number of carbonyl (C=O) groups excluding carboxylic acids is 1. The molecule has 2 heterocycles. The van der Waals surface area contributed by atoms with Crippen LogP contribution >= 0.6 is 0 Å². The Morgan fingerprint density at radius 3 is 2.43 bits per heavy atom. The average Bonchev–Trinajstić information content (AvgIpc) is 2.87. The topological polar surface area (TPSA) is 72.7 Å². The third-order valence-corrected chi connectivity index (χ3v) is 3.33. The number of benzene rings is 1. The van der Waals surface area contributed by atoms with Gasteiger partial charge in [0.2, 0.25) is 5.91 Å². The first kappa shape index (κ1) is 14.9. The Bertz CT molecular complexity index is 809. The number of hydrogen-bond acceptors (Lipinski definition) is 4. The zero-order valence-electron chi connectivity index (χ0n) is 13.0. The van der Waals surface area contributed by atoms with Gasteiger partial charge >= 0.3 is 0 Å². The van der Waals surface area contributed by atoms with Gasteiger partial charge in [-0.1, -0.05) is 30.3 Å². The summed E-state index contributed by atoms with van der Waals surface area (Å²) in [5.41, 5.74) is 3.40. The van der Waals surface area contributed by atoms with E-state index in [9.17, 15) is 4.79 Å². The number of carbonyl (C=O) groups is 1. The van der Waals surface area contributed by atoms with Crippen LogP contribution in [0.5, 0.6) is 0 Å². The van der Waals surface area contributed by atoms with Crippen LogP contribution in [0, 0.1) is 13.8 Å². The smallest absolute Gasteiger partial charge is 0.250 e. The molecular weight excluding hydrogens is 290 g/mol. The summed E-state index contributed by atoms with van der Waals surface area (Å²) in [5, 5.41) is 7.13. The van der Waals surface area contributed by atoms with E-state index in [4.69, 9.17) is 0 Å². The van der Waals surface area contributed by atoms with Gasteiger partial charge in [0, 0.05) is 5.69 Å². The highest BCUT2D eigenvalue weighted by Crippen LogP contribution is 2.10. The Kier molecular flexibility index (Phi) is 4.14. The molecule has 23 heavy (non-hydrogen) atoms. The molecule has 1 aromatic carbocycles. The Labute approximate surface area is 134 Å². The van der Waals surface area contributed by atoms with Gasteiger partial charge in [0.1, 0.15) is 0 Å². The first-order valence-corrected chi connectivity index (χ1v) is 7.31. The van der Waals surface area contributed by atoms with Crippen molar-refractivity contribution < 1.29 is 4.79 Å². The monoisotopic (exact) mass is 307 g/mol. The second kappa shape index (κ2) is 6.39. The number of amides is 1. The van der Waals surface area contributed by atoms with Gasteiger partial charge in [-0.05, 0) is 25.5 Å². The molecule has 0 saturated heterocycles. The number of aromatic nitrogens is 4. The third-order valence-electron chi connectivity index (χ3n) is 3.33. The molecule has 0 fully saturated rings. The molecule has 1 amide bonds. The van der Waals surface area contributed by atoms with Gasteiger partial charge in [-0.25, -0.2) is 14.6 Å². The van der Waals surface area contributed by atoms with Crippen LogP contribution in [-0.2, 0) is 11.2 Å². The van der Waals surface area contributed by atoms with Crippen LogP contribution in [0.3, 0.4) is 0 Å². The summed E-state index contributed by atoms with van der Waals surface area (Å²) in [6.07, 6.45) is 3.49. The lowest BCUT2D eigenvalue weighted by molar-refractivity contribution is -0.115. The second-order valence-corrected chi connectivity index (χ2v) is 5.32. The number of rotatable bonds is 4. The molecule has 116 valence electrons. The third kappa shape index (κ3) is 3.60. The van der Waals surface area contributed by atoms with Gasteiger partial charge < -0.3 is 5.32 Å². The maximum Gasteiger partial charge on any atom is 0.250 e. The van der Waals surface area contributed by atoms with Crippen LogP contribution in [-0.4, -0.2) is 25.7 Å². The van der Waals surface area contributed by atoms with Crippen LogP contribution in [0.4, 0.5) is 5.69 Å².